The van der Waals surface area contributed by atoms with Crippen molar-refractivity contribution in [3.63, 3.8) is 0 Å². The van der Waals surface area contributed by atoms with Crippen molar-refractivity contribution in [3.8, 4) is 17.2 Å². The largest absolute Gasteiger partial charge is 0.383 e. The molecule has 0 unspecified atom stereocenters. The van der Waals surface area contributed by atoms with Gasteiger partial charge in [-0.05, 0) is 44.6 Å². The second kappa shape index (κ2) is 5.80. The predicted octanol–water partition coefficient (Wildman–Crippen LogP) is 3.00. The summed E-state index contributed by atoms with van der Waals surface area (Å²) in [5, 5.41) is 14.1. The number of pyridine rings is 1. The van der Waals surface area contributed by atoms with Crippen LogP contribution in [0.25, 0.3) is 11.1 Å². The highest BCUT2D eigenvalue weighted by Gasteiger charge is 2.24. The third-order valence-corrected chi connectivity index (χ3v) is 4.28. The van der Waals surface area contributed by atoms with Gasteiger partial charge in [-0.1, -0.05) is 6.92 Å². The number of aromatic nitrogens is 3. The number of nitrogens with two attached hydrogens (primary N) is 1. The first kappa shape index (κ1) is 14.6. The quantitative estimate of drug-likeness (QED) is 0.943. The van der Waals surface area contributed by atoms with Gasteiger partial charge in [-0.25, -0.2) is 4.98 Å². The number of nitriles is 1. The van der Waals surface area contributed by atoms with Crippen molar-refractivity contribution in [1.29, 1.82) is 5.26 Å². The molecule has 1 aliphatic carbocycles. The molecule has 0 fully saturated rings. The fraction of sp³-hybridized carbons (Fsp3) is 0.471. The lowest BCUT2D eigenvalue weighted by molar-refractivity contribution is 0.598. The number of nitrogen functional groups attached to an aromatic ring is 1. The molecule has 2 aromatic rings. The highest BCUT2D eigenvalue weighted by atomic mass is 15.3. The van der Waals surface area contributed by atoms with Crippen molar-refractivity contribution in [1.82, 2.24) is 14.8 Å². The molecule has 5 heteroatoms. The molecule has 2 aromatic heterocycles. The highest BCUT2D eigenvalue weighted by Crippen LogP contribution is 2.37. The third-order valence-electron chi connectivity index (χ3n) is 4.28. The molecule has 22 heavy (non-hydrogen) atoms. The van der Waals surface area contributed by atoms with Crippen molar-refractivity contribution < 1.29 is 0 Å². The Labute approximate surface area is 130 Å². The summed E-state index contributed by atoms with van der Waals surface area (Å²) in [5.41, 5.74) is 11.7. The number of hydrogen-bond acceptors (Lipinski definition) is 4. The molecule has 0 atom stereocenters. The van der Waals surface area contributed by atoms with Gasteiger partial charge in [0, 0.05) is 29.6 Å². The van der Waals surface area contributed by atoms with Crippen molar-refractivity contribution in [2.75, 3.05) is 5.73 Å². The van der Waals surface area contributed by atoms with Gasteiger partial charge in [-0.15, -0.1) is 0 Å². The minimum absolute atomic E-state index is 0.348. The van der Waals surface area contributed by atoms with E-state index in [1.165, 1.54) is 5.56 Å². The average Bonchev–Trinajstić information content (AvgIpc) is 2.86. The maximum atomic E-state index is 9.57. The van der Waals surface area contributed by atoms with Crippen LogP contribution in [0.5, 0.6) is 0 Å². The fourth-order valence-corrected chi connectivity index (χ4v) is 3.28. The van der Waals surface area contributed by atoms with Crippen LogP contribution in [0.1, 0.15) is 48.7 Å². The molecule has 5 nitrogen and oxygen atoms in total. The van der Waals surface area contributed by atoms with Gasteiger partial charge in [0.25, 0.3) is 0 Å². The summed E-state index contributed by atoms with van der Waals surface area (Å²) < 4.78 is 1.96. The van der Waals surface area contributed by atoms with Crippen LogP contribution in [0.3, 0.4) is 0 Å². The molecule has 0 aromatic carbocycles. The molecule has 1 aliphatic rings. The minimum Gasteiger partial charge on any atom is -0.383 e. The standard InChI is InChI=1S/C17H21N5/c1-3-8-22-10-14(11(2)21-22)16-12-6-4-5-7-15(12)20-17(19)13(16)9-18/h10H,3-8H2,1-2H3,(H2,19,20). The zero-order valence-corrected chi connectivity index (χ0v) is 13.2. The lowest BCUT2D eigenvalue weighted by atomic mass is 9.87. The van der Waals surface area contributed by atoms with E-state index in [1.54, 1.807) is 0 Å². The van der Waals surface area contributed by atoms with Crippen LogP contribution >= 0.6 is 0 Å². The normalized spacial score (nSPS) is 13.7. The van der Waals surface area contributed by atoms with Crippen LogP contribution in [0.4, 0.5) is 5.82 Å². The Morgan fingerprint density at radius 3 is 2.86 bits per heavy atom. The molecular weight excluding hydrogens is 274 g/mol. The van der Waals surface area contributed by atoms with E-state index in [2.05, 4.69) is 23.1 Å². The maximum Gasteiger partial charge on any atom is 0.142 e. The Balaban J connectivity index is 2.25. The van der Waals surface area contributed by atoms with E-state index in [0.717, 1.165) is 61.2 Å². The second-order valence-electron chi connectivity index (χ2n) is 5.88. The van der Waals surface area contributed by atoms with Crippen LogP contribution < -0.4 is 5.73 Å². The lowest BCUT2D eigenvalue weighted by Gasteiger charge is -2.20. The molecule has 0 saturated carbocycles. The van der Waals surface area contributed by atoms with Gasteiger partial charge in [-0.3, -0.25) is 4.68 Å². The Morgan fingerprint density at radius 2 is 2.14 bits per heavy atom. The summed E-state index contributed by atoms with van der Waals surface area (Å²) in [6.45, 7) is 5.00. The van der Waals surface area contributed by atoms with E-state index in [4.69, 9.17) is 5.73 Å². The zero-order chi connectivity index (χ0) is 15.7. The SMILES string of the molecule is CCCn1cc(-c2c(C#N)c(N)nc3c2CCCC3)c(C)n1. The fourth-order valence-electron chi connectivity index (χ4n) is 3.28. The van der Waals surface area contributed by atoms with E-state index in [1.807, 2.05) is 17.8 Å². The molecule has 2 N–H and O–H groups in total. The summed E-state index contributed by atoms with van der Waals surface area (Å²) in [4.78, 5) is 4.47. The van der Waals surface area contributed by atoms with Gasteiger partial charge in [0.05, 0.1) is 5.69 Å². The number of hydrogen-bond donors (Lipinski definition) is 1. The number of fused-ring (bicyclic) bond motifs is 1. The van der Waals surface area contributed by atoms with Crippen molar-refractivity contribution in [2.45, 2.75) is 52.5 Å². The average molecular weight is 295 g/mol. The Morgan fingerprint density at radius 1 is 1.36 bits per heavy atom. The molecule has 0 saturated heterocycles. The minimum atomic E-state index is 0.348. The van der Waals surface area contributed by atoms with Crippen molar-refractivity contribution in [3.05, 3.63) is 28.7 Å². The summed E-state index contributed by atoms with van der Waals surface area (Å²) in [6.07, 6.45) is 7.26. The van der Waals surface area contributed by atoms with E-state index < -0.39 is 0 Å². The van der Waals surface area contributed by atoms with Gasteiger partial charge >= 0.3 is 0 Å². The van der Waals surface area contributed by atoms with Crippen LogP contribution in [0.2, 0.25) is 0 Å². The first-order valence-electron chi connectivity index (χ1n) is 7.91. The number of nitrogens with zero attached hydrogens (tertiary/aromatic N) is 4. The molecular formula is C17H21N5. The summed E-state index contributed by atoms with van der Waals surface area (Å²) >= 11 is 0. The van der Waals surface area contributed by atoms with E-state index in [9.17, 15) is 5.26 Å². The first-order valence-corrected chi connectivity index (χ1v) is 7.91. The van der Waals surface area contributed by atoms with Gasteiger partial charge in [0.1, 0.15) is 17.5 Å². The first-order chi connectivity index (χ1) is 10.7. The Hall–Kier alpha value is -2.35. The Kier molecular flexibility index (Phi) is 3.84. The molecule has 2 heterocycles. The van der Waals surface area contributed by atoms with Crippen LogP contribution in [0, 0.1) is 18.3 Å². The van der Waals surface area contributed by atoms with E-state index in [-0.39, 0.29) is 0 Å². The van der Waals surface area contributed by atoms with Crippen molar-refractivity contribution in [2.24, 2.45) is 0 Å². The highest BCUT2D eigenvalue weighted by molar-refractivity contribution is 5.80. The number of rotatable bonds is 3. The van der Waals surface area contributed by atoms with Crippen LogP contribution in [-0.4, -0.2) is 14.8 Å². The second-order valence-corrected chi connectivity index (χ2v) is 5.88. The van der Waals surface area contributed by atoms with Crippen LogP contribution in [0.15, 0.2) is 6.20 Å². The Bertz CT molecular complexity index is 751. The molecule has 0 spiro atoms. The van der Waals surface area contributed by atoms with E-state index >= 15 is 0 Å². The lowest BCUT2D eigenvalue weighted by Crippen LogP contribution is -2.12. The summed E-state index contributed by atoms with van der Waals surface area (Å²) in [6, 6.07) is 2.26. The predicted molar refractivity (Wildman–Crippen MR) is 86.3 cm³/mol. The van der Waals surface area contributed by atoms with Gasteiger partial charge in [0.15, 0.2) is 0 Å². The van der Waals surface area contributed by atoms with E-state index in [0.29, 0.717) is 11.4 Å². The summed E-state index contributed by atoms with van der Waals surface area (Å²) in [7, 11) is 0. The monoisotopic (exact) mass is 295 g/mol. The molecule has 0 aliphatic heterocycles. The molecule has 3 rings (SSSR count). The zero-order valence-electron chi connectivity index (χ0n) is 13.2. The smallest absolute Gasteiger partial charge is 0.142 e. The summed E-state index contributed by atoms with van der Waals surface area (Å²) in [5.74, 6) is 0.348. The van der Waals surface area contributed by atoms with Crippen LogP contribution in [-0.2, 0) is 19.4 Å². The molecule has 114 valence electrons. The topological polar surface area (TPSA) is 80.5 Å². The third kappa shape index (κ3) is 2.35. The van der Waals surface area contributed by atoms with Gasteiger partial charge < -0.3 is 5.73 Å². The molecule has 0 amide bonds. The number of anilines is 1. The maximum absolute atomic E-state index is 9.57. The molecule has 0 radical (unpaired) electrons. The van der Waals surface area contributed by atoms with Crippen molar-refractivity contribution >= 4 is 5.82 Å². The number of aryl methyl sites for hydroxylation is 3. The molecule has 0 bridgehead atoms. The van der Waals surface area contributed by atoms with Gasteiger partial charge in [0.2, 0.25) is 0 Å². The van der Waals surface area contributed by atoms with Gasteiger partial charge in [-0.2, -0.15) is 10.4 Å².